The van der Waals surface area contributed by atoms with Gasteiger partial charge < -0.3 is 15.1 Å². The number of fused-ring (bicyclic) bond motifs is 1. The summed E-state index contributed by atoms with van der Waals surface area (Å²) in [6.45, 7) is 4.02. The average molecular weight is 548 g/mol. The summed E-state index contributed by atoms with van der Waals surface area (Å²) in [4.78, 5) is 32.0. The van der Waals surface area contributed by atoms with Crippen LogP contribution in [-0.2, 0) is 11.3 Å². The van der Waals surface area contributed by atoms with Crippen LogP contribution in [0.4, 0.5) is 11.4 Å². The van der Waals surface area contributed by atoms with Gasteiger partial charge in [-0.05, 0) is 66.9 Å². The molecular formula is C34H33N3O2S. The van der Waals surface area contributed by atoms with Crippen molar-refractivity contribution in [3.63, 3.8) is 0 Å². The number of nitrogens with one attached hydrogen (secondary N) is 1. The molecule has 40 heavy (non-hydrogen) atoms. The Hall–Kier alpha value is -4.29. The second-order valence-electron chi connectivity index (χ2n) is 9.95. The van der Waals surface area contributed by atoms with E-state index in [0.717, 1.165) is 40.4 Å². The number of hydrogen-bond donors (Lipinski definition) is 1. The van der Waals surface area contributed by atoms with E-state index in [2.05, 4.69) is 60.6 Å². The third-order valence-electron chi connectivity index (χ3n) is 6.88. The molecule has 1 aliphatic heterocycles. The minimum Gasteiger partial charge on any atom is -0.375 e. The normalized spacial score (nSPS) is 13.7. The maximum Gasteiger partial charge on any atom is 0.265 e. The Balaban J connectivity index is 1.22. The van der Waals surface area contributed by atoms with Gasteiger partial charge in [-0.2, -0.15) is 0 Å². The molecule has 0 aliphatic carbocycles. The molecule has 1 N–H and O–H groups in total. The first-order chi connectivity index (χ1) is 19.5. The van der Waals surface area contributed by atoms with E-state index in [4.69, 9.17) is 0 Å². The highest BCUT2D eigenvalue weighted by atomic mass is 32.2. The standard InChI is InChI=1S/C34H33N3O2S/c1-25-10-8-11-27(22-25)24-37-30-14-6-7-15-31(30)40-32(34(37)39)23-26-16-18-28(19-17-26)33(38)35-20-9-21-36(2)29-12-4-3-5-13-29/h3-8,10-19,22-23H,9,20-21,24H2,1-2H3,(H,35,38). The molecule has 202 valence electrons. The van der Waals surface area contributed by atoms with Crippen molar-refractivity contribution in [1.29, 1.82) is 0 Å². The zero-order chi connectivity index (χ0) is 27.9. The summed E-state index contributed by atoms with van der Waals surface area (Å²) in [6, 6.07) is 33.9. The lowest BCUT2D eigenvalue weighted by atomic mass is 10.1. The number of nitrogens with zero attached hydrogens (tertiary/aromatic N) is 2. The lowest BCUT2D eigenvalue weighted by Crippen LogP contribution is -2.33. The molecule has 0 bridgehead atoms. The van der Waals surface area contributed by atoms with E-state index >= 15 is 0 Å². The molecule has 0 spiro atoms. The van der Waals surface area contributed by atoms with Crippen molar-refractivity contribution in [2.24, 2.45) is 0 Å². The average Bonchev–Trinajstić information content (AvgIpc) is 2.98. The van der Waals surface area contributed by atoms with Gasteiger partial charge in [0, 0.05) is 36.3 Å². The predicted octanol–water partition coefficient (Wildman–Crippen LogP) is 6.93. The summed E-state index contributed by atoms with van der Waals surface area (Å²) in [7, 11) is 2.06. The van der Waals surface area contributed by atoms with E-state index in [0.29, 0.717) is 23.6 Å². The van der Waals surface area contributed by atoms with Crippen LogP contribution in [0.1, 0.15) is 33.5 Å². The van der Waals surface area contributed by atoms with Gasteiger partial charge in [-0.15, -0.1) is 0 Å². The molecule has 0 atom stereocenters. The summed E-state index contributed by atoms with van der Waals surface area (Å²) in [6.07, 6.45) is 2.76. The van der Waals surface area contributed by atoms with E-state index in [-0.39, 0.29) is 11.8 Å². The van der Waals surface area contributed by atoms with Crippen LogP contribution in [0.25, 0.3) is 6.08 Å². The zero-order valence-corrected chi connectivity index (χ0v) is 23.7. The van der Waals surface area contributed by atoms with Gasteiger partial charge in [0.2, 0.25) is 0 Å². The number of hydrogen-bond acceptors (Lipinski definition) is 4. The van der Waals surface area contributed by atoms with Crippen LogP contribution in [-0.4, -0.2) is 32.0 Å². The third-order valence-corrected chi connectivity index (χ3v) is 7.96. The second kappa shape index (κ2) is 12.7. The molecule has 0 saturated heterocycles. The van der Waals surface area contributed by atoms with Crippen LogP contribution in [0, 0.1) is 6.92 Å². The molecule has 4 aromatic carbocycles. The number of benzene rings is 4. The number of thioether (sulfide) groups is 1. The minimum atomic E-state index is -0.0945. The lowest BCUT2D eigenvalue weighted by molar-refractivity contribution is -0.114. The third kappa shape index (κ3) is 6.64. The molecule has 5 rings (SSSR count). The maximum atomic E-state index is 13.6. The first kappa shape index (κ1) is 27.3. The summed E-state index contributed by atoms with van der Waals surface area (Å²) in [5.74, 6) is -0.115. The Bertz CT molecular complexity index is 1520. The molecule has 4 aromatic rings. The first-order valence-electron chi connectivity index (χ1n) is 13.5. The number of para-hydroxylation sites is 2. The Kier molecular flexibility index (Phi) is 8.67. The van der Waals surface area contributed by atoms with Gasteiger partial charge in [-0.1, -0.05) is 84.1 Å². The minimum absolute atomic E-state index is 0.0208. The van der Waals surface area contributed by atoms with Crippen molar-refractivity contribution < 1.29 is 9.59 Å². The largest absolute Gasteiger partial charge is 0.375 e. The molecule has 1 heterocycles. The highest BCUT2D eigenvalue weighted by molar-refractivity contribution is 8.04. The van der Waals surface area contributed by atoms with Gasteiger partial charge in [-0.3, -0.25) is 9.59 Å². The van der Waals surface area contributed by atoms with Crippen molar-refractivity contribution >= 4 is 41.0 Å². The number of amides is 2. The number of aryl methyl sites for hydroxylation is 1. The SMILES string of the molecule is Cc1cccc(CN2C(=O)C(=Cc3ccc(C(=O)NCCCN(C)c4ccccc4)cc3)Sc3ccccc32)c1. The van der Waals surface area contributed by atoms with Crippen LogP contribution in [0.3, 0.4) is 0 Å². The molecule has 2 amide bonds. The van der Waals surface area contributed by atoms with Gasteiger partial charge in [0.25, 0.3) is 11.8 Å². The van der Waals surface area contributed by atoms with Gasteiger partial charge in [-0.25, -0.2) is 0 Å². The van der Waals surface area contributed by atoms with E-state index < -0.39 is 0 Å². The smallest absolute Gasteiger partial charge is 0.265 e. The molecule has 0 radical (unpaired) electrons. The van der Waals surface area contributed by atoms with Crippen LogP contribution >= 0.6 is 11.8 Å². The Labute approximate surface area is 240 Å². The highest BCUT2D eigenvalue weighted by Gasteiger charge is 2.29. The van der Waals surface area contributed by atoms with Crippen LogP contribution in [0.5, 0.6) is 0 Å². The van der Waals surface area contributed by atoms with E-state index in [1.165, 1.54) is 17.3 Å². The van der Waals surface area contributed by atoms with Gasteiger partial charge in [0.05, 0.1) is 17.1 Å². The van der Waals surface area contributed by atoms with Crippen molar-refractivity contribution in [2.45, 2.75) is 24.8 Å². The molecule has 6 heteroatoms. The van der Waals surface area contributed by atoms with Gasteiger partial charge in [0.15, 0.2) is 0 Å². The fourth-order valence-corrected chi connectivity index (χ4v) is 5.78. The molecule has 1 aliphatic rings. The molecular weight excluding hydrogens is 514 g/mol. The lowest BCUT2D eigenvalue weighted by Gasteiger charge is -2.30. The number of carbonyl (C=O) groups is 2. The molecule has 5 nitrogen and oxygen atoms in total. The summed E-state index contributed by atoms with van der Waals surface area (Å²) in [5.41, 5.74) is 5.84. The Morgan fingerprint density at radius 2 is 1.68 bits per heavy atom. The predicted molar refractivity (Wildman–Crippen MR) is 166 cm³/mol. The molecule has 0 saturated carbocycles. The zero-order valence-electron chi connectivity index (χ0n) is 22.8. The maximum absolute atomic E-state index is 13.6. The molecule has 0 aromatic heterocycles. The Morgan fingerprint density at radius 1 is 0.925 bits per heavy atom. The fourth-order valence-electron chi connectivity index (χ4n) is 4.73. The summed E-state index contributed by atoms with van der Waals surface area (Å²) in [5, 5.41) is 3.01. The van der Waals surface area contributed by atoms with Crippen molar-refractivity contribution in [3.05, 3.63) is 130 Å². The summed E-state index contributed by atoms with van der Waals surface area (Å²) < 4.78 is 0. The van der Waals surface area contributed by atoms with Crippen LogP contribution in [0.15, 0.2) is 113 Å². The Morgan fingerprint density at radius 3 is 2.45 bits per heavy atom. The van der Waals surface area contributed by atoms with E-state index in [9.17, 15) is 9.59 Å². The highest BCUT2D eigenvalue weighted by Crippen LogP contribution is 2.42. The van der Waals surface area contributed by atoms with Crippen LogP contribution < -0.4 is 15.1 Å². The number of rotatable bonds is 9. The first-order valence-corrected chi connectivity index (χ1v) is 14.3. The molecule has 0 unspecified atom stereocenters. The summed E-state index contributed by atoms with van der Waals surface area (Å²) >= 11 is 1.49. The monoisotopic (exact) mass is 547 g/mol. The topological polar surface area (TPSA) is 52.7 Å². The number of anilines is 2. The van der Waals surface area contributed by atoms with Crippen molar-refractivity contribution in [3.8, 4) is 0 Å². The number of carbonyl (C=O) groups excluding carboxylic acids is 2. The quantitative estimate of drug-likeness (QED) is 0.182. The van der Waals surface area contributed by atoms with Crippen LogP contribution in [0.2, 0.25) is 0 Å². The van der Waals surface area contributed by atoms with Gasteiger partial charge in [0.1, 0.15) is 0 Å². The fraction of sp³-hybridized carbons (Fsp3) is 0.176. The van der Waals surface area contributed by atoms with Crippen molar-refractivity contribution in [1.82, 2.24) is 5.32 Å². The molecule has 0 fully saturated rings. The van der Waals surface area contributed by atoms with Gasteiger partial charge >= 0.3 is 0 Å². The second-order valence-corrected chi connectivity index (χ2v) is 11.0. The van der Waals surface area contributed by atoms with Crippen molar-refractivity contribution in [2.75, 3.05) is 29.9 Å². The van der Waals surface area contributed by atoms with E-state index in [1.807, 2.05) is 77.7 Å². The van der Waals surface area contributed by atoms with E-state index in [1.54, 1.807) is 0 Å².